The molecule has 0 saturated heterocycles. The Morgan fingerprint density at radius 3 is 2.36 bits per heavy atom. The highest BCUT2D eigenvalue weighted by Crippen LogP contribution is 2.21. The quantitative estimate of drug-likeness (QED) is 0.361. The zero-order chi connectivity index (χ0) is 28.3. The molecule has 0 aliphatic rings. The van der Waals surface area contributed by atoms with E-state index in [0.29, 0.717) is 6.20 Å². The van der Waals surface area contributed by atoms with Crippen LogP contribution in [-0.2, 0) is 7.05 Å². The minimum atomic E-state index is -1.58. The Balaban J connectivity index is 1.68. The zero-order valence-electron chi connectivity index (χ0n) is 19.7. The zero-order valence-corrected chi connectivity index (χ0v) is 19.7. The molecule has 194 valence electrons. The van der Waals surface area contributed by atoms with E-state index in [9.17, 15) is 38.4 Å². The summed E-state index contributed by atoms with van der Waals surface area (Å²) in [5.41, 5.74) is -4.97. The molecule has 0 fully saturated rings. The minimum Gasteiger partial charge on any atom is -0.404 e. The smallest absolute Gasteiger partial charge is 0.361 e. The van der Waals surface area contributed by atoms with Crippen LogP contribution in [0.3, 0.4) is 0 Å². The van der Waals surface area contributed by atoms with Gasteiger partial charge in [-0.3, -0.25) is 14.4 Å². The first-order valence-electron chi connectivity index (χ1n) is 10.8. The van der Waals surface area contributed by atoms with Gasteiger partial charge in [-0.1, -0.05) is 18.2 Å². The summed E-state index contributed by atoms with van der Waals surface area (Å²) in [6, 6.07) is 13.5. The van der Waals surface area contributed by atoms with Crippen molar-refractivity contribution in [2.24, 2.45) is 7.05 Å². The fraction of sp³-hybridized carbons (Fsp3) is 0.0400. The van der Waals surface area contributed by atoms with Crippen molar-refractivity contribution in [2.75, 3.05) is 0 Å². The van der Waals surface area contributed by atoms with Gasteiger partial charge < -0.3 is 19.0 Å². The second kappa shape index (κ2) is 10.6. The number of halogens is 1. The molecule has 0 unspecified atom stereocenters. The van der Waals surface area contributed by atoms with Gasteiger partial charge >= 0.3 is 17.6 Å². The van der Waals surface area contributed by atoms with Gasteiger partial charge in [0.2, 0.25) is 17.6 Å². The summed E-state index contributed by atoms with van der Waals surface area (Å²) < 4.78 is 24.7. The lowest BCUT2D eigenvalue weighted by molar-refractivity contribution is 0.0710. The Bertz CT molecular complexity index is 1870. The average Bonchev–Trinajstić information content (AvgIpc) is 2.92. The van der Waals surface area contributed by atoms with Crippen molar-refractivity contribution >= 4 is 17.8 Å². The maximum atomic E-state index is 13.7. The first-order chi connectivity index (χ1) is 18.6. The highest BCUT2D eigenvalue weighted by atomic mass is 19.1. The van der Waals surface area contributed by atoms with E-state index in [1.807, 2.05) is 4.98 Å². The van der Waals surface area contributed by atoms with Crippen LogP contribution in [0.2, 0.25) is 0 Å². The average molecular weight is 531 g/mol. The Labute approximate surface area is 215 Å². The minimum absolute atomic E-state index is 0.0842. The molecule has 13 nitrogen and oxygen atoms in total. The van der Waals surface area contributed by atoms with E-state index in [1.54, 1.807) is 24.3 Å². The lowest BCUT2D eigenvalue weighted by Crippen LogP contribution is -2.42. The van der Waals surface area contributed by atoms with Crippen LogP contribution in [0.4, 0.5) is 4.39 Å². The molecular formula is C25H14FN5O8. The molecule has 14 heteroatoms. The van der Waals surface area contributed by atoms with Crippen molar-refractivity contribution in [1.82, 2.24) is 19.1 Å². The summed E-state index contributed by atoms with van der Waals surface area (Å²) in [5, 5.41) is 9.38. The topological polar surface area (TPSA) is 183 Å². The van der Waals surface area contributed by atoms with E-state index in [0.717, 1.165) is 23.7 Å². The van der Waals surface area contributed by atoms with Crippen LogP contribution < -0.4 is 26.2 Å². The number of pyridine rings is 2. The van der Waals surface area contributed by atoms with Gasteiger partial charge in [0.15, 0.2) is 5.43 Å². The van der Waals surface area contributed by atoms with Gasteiger partial charge in [-0.05, 0) is 18.2 Å². The summed E-state index contributed by atoms with van der Waals surface area (Å²) in [6.07, 6.45) is 0.465. The van der Waals surface area contributed by atoms with E-state index >= 15 is 0 Å². The van der Waals surface area contributed by atoms with E-state index in [2.05, 4.69) is 4.98 Å². The lowest BCUT2D eigenvalue weighted by atomic mass is 10.2. The first kappa shape index (κ1) is 26.1. The van der Waals surface area contributed by atoms with Crippen LogP contribution in [0.5, 0.6) is 11.8 Å². The number of carbonyl (C=O) groups excluding carboxylic acids is 3. The molecule has 0 aliphatic carbocycles. The number of benzene rings is 1. The summed E-state index contributed by atoms with van der Waals surface area (Å²) in [5.74, 6) is -5.79. The number of aromatic nitrogens is 4. The number of H-pyrrole nitrogens is 1. The number of hydrogen-bond acceptors (Lipinski definition) is 10. The number of nitrogens with one attached hydrogen (secondary N) is 1. The van der Waals surface area contributed by atoms with Gasteiger partial charge in [-0.15, -0.1) is 0 Å². The molecular weight excluding hydrogens is 517 g/mol. The molecule has 0 amide bonds. The Morgan fingerprint density at radius 2 is 1.67 bits per heavy atom. The molecule has 4 rings (SSSR count). The van der Waals surface area contributed by atoms with Crippen molar-refractivity contribution in [1.29, 1.82) is 5.26 Å². The van der Waals surface area contributed by atoms with Gasteiger partial charge in [0.25, 0.3) is 11.5 Å². The van der Waals surface area contributed by atoms with E-state index in [-0.39, 0.29) is 21.6 Å². The van der Waals surface area contributed by atoms with Crippen LogP contribution in [0.15, 0.2) is 75.2 Å². The van der Waals surface area contributed by atoms with Gasteiger partial charge in [0.1, 0.15) is 23.0 Å². The normalized spacial score (nSPS) is 10.4. The standard InChI is InChI=1S/C25H14FN5O8/c1-30-17(22(34)31-21(33)16(26)12-28-25(31)37)9-15(32)10-18(30)24(36)39-20-14(11-27)7-8-19(29-20)38-23(35)13-5-3-2-4-6-13/h2-10,12H,1H3,(H,28,37). The van der Waals surface area contributed by atoms with Crippen molar-refractivity contribution in [3.05, 3.63) is 120 Å². The molecule has 0 aliphatic heterocycles. The number of ether oxygens (including phenoxy) is 2. The number of aromatic amines is 1. The van der Waals surface area contributed by atoms with E-state index in [4.69, 9.17) is 9.47 Å². The third-order valence-corrected chi connectivity index (χ3v) is 5.20. The van der Waals surface area contributed by atoms with Gasteiger partial charge in [0, 0.05) is 31.4 Å². The third-order valence-electron chi connectivity index (χ3n) is 5.20. The molecule has 0 spiro atoms. The maximum Gasteiger partial charge on any atom is 0.361 e. The van der Waals surface area contributed by atoms with Gasteiger partial charge in [-0.25, -0.2) is 14.4 Å². The number of esters is 2. The lowest BCUT2D eigenvalue weighted by Gasteiger charge is -2.13. The SMILES string of the molecule is Cn1c(C(=O)Oc2nc(OC(=O)c3ccccc3)ccc2C#N)cc(=O)cc1C(=O)n1c(=O)[nH]cc(F)c1=O. The summed E-state index contributed by atoms with van der Waals surface area (Å²) in [7, 11) is 1.14. The molecule has 1 aromatic carbocycles. The van der Waals surface area contributed by atoms with E-state index < -0.39 is 57.6 Å². The third kappa shape index (κ3) is 5.27. The van der Waals surface area contributed by atoms with Crippen LogP contribution in [0.1, 0.15) is 36.9 Å². The van der Waals surface area contributed by atoms with Crippen LogP contribution in [0, 0.1) is 17.1 Å². The number of carbonyl (C=O) groups is 3. The first-order valence-corrected chi connectivity index (χ1v) is 10.8. The van der Waals surface area contributed by atoms with Crippen LogP contribution in [-0.4, -0.2) is 36.9 Å². The van der Waals surface area contributed by atoms with Gasteiger partial charge in [0.05, 0.1) is 5.56 Å². The fourth-order valence-electron chi connectivity index (χ4n) is 3.30. The second-order valence-electron chi connectivity index (χ2n) is 7.67. The summed E-state index contributed by atoms with van der Waals surface area (Å²) in [4.78, 5) is 80.2. The Kier molecular flexibility index (Phi) is 7.07. The Hall–Kier alpha value is -5.97. The molecule has 39 heavy (non-hydrogen) atoms. The molecule has 0 bridgehead atoms. The molecule has 4 aromatic rings. The monoisotopic (exact) mass is 531 g/mol. The summed E-state index contributed by atoms with van der Waals surface area (Å²) in [6.45, 7) is 0. The van der Waals surface area contributed by atoms with Crippen molar-refractivity contribution in [2.45, 2.75) is 0 Å². The second-order valence-corrected chi connectivity index (χ2v) is 7.67. The maximum absolute atomic E-state index is 13.7. The van der Waals surface area contributed by atoms with Crippen molar-refractivity contribution < 1.29 is 28.2 Å². The fourth-order valence-corrected chi connectivity index (χ4v) is 3.30. The number of rotatable bonds is 5. The molecule has 3 heterocycles. The largest absolute Gasteiger partial charge is 0.404 e. The number of nitrogens with zero attached hydrogens (tertiary/aromatic N) is 4. The predicted octanol–water partition coefficient (Wildman–Crippen LogP) is 0.768. The molecule has 0 radical (unpaired) electrons. The van der Waals surface area contributed by atoms with Gasteiger partial charge in [-0.2, -0.15) is 19.2 Å². The molecule has 0 atom stereocenters. The highest BCUT2D eigenvalue weighted by Gasteiger charge is 2.24. The summed E-state index contributed by atoms with van der Waals surface area (Å²) >= 11 is 0. The van der Waals surface area contributed by atoms with Crippen molar-refractivity contribution in [3.8, 4) is 17.8 Å². The highest BCUT2D eigenvalue weighted by molar-refractivity contribution is 5.96. The van der Waals surface area contributed by atoms with Crippen LogP contribution >= 0.6 is 0 Å². The van der Waals surface area contributed by atoms with Crippen LogP contribution in [0.25, 0.3) is 0 Å². The predicted molar refractivity (Wildman–Crippen MR) is 128 cm³/mol. The molecule has 1 N–H and O–H groups in total. The number of hydrogen-bond donors (Lipinski definition) is 1. The molecule has 0 saturated carbocycles. The van der Waals surface area contributed by atoms with E-state index in [1.165, 1.54) is 24.3 Å². The Morgan fingerprint density at radius 1 is 0.974 bits per heavy atom. The molecule has 3 aromatic heterocycles. The van der Waals surface area contributed by atoms with Crippen molar-refractivity contribution in [3.63, 3.8) is 0 Å². The number of nitriles is 1.